The van der Waals surface area contributed by atoms with E-state index >= 15 is 0 Å². The van der Waals surface area contributed by atoms with Crippen LogP contribution in [0.5, 0.6) is 0 Å². The van der Waals surface area contributed by atoms with Crippen LogP contribution in [0, 0.1) is 5.92 Å². The van der Waals surface area contributed by atoms with Crippen molar-refractivity contribution in [3.63, 3.8) is 0 Å². The summed E-state index contributed by atoms with van der Waals surface area (Å²) in [7, 11) is 0. The number of hydrogen-bond donors (Lipinski definition) is 1. The molecule has 0 aliphatic carbocycles. The molecular weight excluding hydrogens is 388 g/mol. The van der Waals surface area contributed by atoms with Gasteiger partial charge < -0.3 is 5.43 Å². The minimum Gasteiger partial charge on any atom is -0.301 e. The van der Waals surface area contributed by atoms with E-state index in [-0.39, 0.29) is 17.9 Å². The molecule has 7 heteroatoms. The Morgan fingerprint density at radius 2 is 2.00 bits per heavy atom. The highest BCUT2D eigenvalue weighted by Crippen LogP contribution is 2.36. The topological polar surface area (TPSA) is 66.7 Å². The summed E-state index contributed by atoms with van der Waals surface area (Å²) in [6, 6.07) is 13.8. The highest BCUT2D eigenvalue weighted by Gasteiger charge is 2.40. The molecule has 2 aliphatic heterocycles. The minimum atomic E-state index is -0.113. The molecule has 0 fully saturated rings. The van der Waals surface area contributed by atoms with Gasteiger partial charge in [0.2, 0.25) is 0 Å². The van der Waals surface area contributed by atoms with Crippen molar-refractivity contribution in [1.82, 2.24) is 10.4 Å². The minimum absolute atomic E-state index is 0.0627. The molecule has 2 unspecified atom stereocenters. The fraction of sp³-hybridized carbons (Fsp3) is 0.176. The number of aromatic nitrogens is 1. The van der Waals surface area contributed by atoms with Crippen molar-refractivity contribution in [2.45, 2.75) is 6.04 Å². The molecule has 0 saturated heterocycles. The van der Waals surface area contributed by atoms with Gasteiger partial charge in [-0.05, 0) is 29.8 Å². The Bertz CT molecular complexity index is 835. The highest BCUT2D eigenvalue weighted by molar-refractivity contribution is 9.10. The Labute approximate surface area is 151 Å². The molecule has 1 N–H and O–H groups in total. The second kappa shape index (κ2) is 6.49. The highest BCUT2D eigenvalue weighted by atomic mass is 79.9. The van der Waals surface area contributed by atoms with Crippen LogP contribution in [0.15, 0.2) is 63.2 Å². The van der Waals surface area contributed by atoms with Gasteiger partial charge in [0.1, 0.15) is 0 Å². The smallest absolute Gasteiger partial charge is 0.256 e. The summed E-state index contributed by atoms with van der Waals surface area (Å²) in [5, 5.41) is 5.33. The number of nitrogens with zero attached hydrogens (tertiary/aromatic N) is 3. The number of amides is 1. The lowest BCUT2D eigenvalue weighted by molar-refractivity contribution is -0.115. The summed E-state index contributed by atoms with van der Waals surface area (Å²) >= 11 is 4.95. The largest absolute Gasteiger partial charge is 0.301 e. The average Bonchev–Trinajstić information content (AvgIpc) is 3.22. The predicted molar refractivity (Wildman–Crippen MR) is 99.2 cm³/mol. The molecule has 1 amide bonds. The van der Waals surface area contributed by atoms with Crippen molar-refractivity contribution < 1.29 is 4.79 Å². The summed E-state index contributed by atoms with van der Waals surface area (Å²) in [4.78, 5) is 20.3. The van der Waals surface area contributed by atoms with E-state index in [4.69, 9.17) is 0 Å². The van der Waals surface area contributed by atoms with Crippen molar-refractivity contribution in [3.8, 4) is 0 Å². The Balaban J connectivity index is 1.75. The molecule has 2 atom stereocenters. The van der Waals surface area contributed by atoms with E-state index in [0.717, 1.165) is 26.5 Å². The number of carbonyl (C=O) groups excluding carboxylic acids is 1. The Morgan fingerprint density at radius 1 is 1.17 bits per heavy atom. The van der Waals surface area contributed by atoms with Crippen molar-refractivity contribution >= 4 is 44.4 Å². The molecule has 24 heavy (non-hydrogen) atoms. The third kappa shape index (κ3) is 2.89. The first kappa shape index (κ1) is 15.5. The van der Waals surface area contributed by atoms with Gasteiger partial charge in [-0.3, -0.25) is 9.78 Å². The molecule has 1 aromatic heterocycles. The Morgan fingerprint density at radius 3 is 2.67 bits per heavy atom. The number of rotatable bonds is 3. The molecule has 5 nitrogen and oxygen atoms in total. The molecule has 0 spiro atoms. The number of nitrogens with one attached hydrogen (secondary N) is 1. The number of carbonyl (C=O) groups is 1. The molecule has 0 bridgehead atoms. The number of aliphatic imine (C=N–C) groups is 1. The van der Waals surface area contributed by atoms with E-state index in [0.29, 0.717) is 5.75 Å². The molecule has 4 rings (SSSR count). The first-order valence-electron chi connectivity index (χ1n) is 7.46. The number of thioether (sulfide) groups is 1. The number of hydrogen-bond acceptors (Lipinski definition) is 5. The van der Waals surface area contributed by atoms with Crippen LogP contribution in [0.25, 0.3) is 0 Å². The van der Waals surface area contributed by atoms with Crippen LogP contribution >= 0.6 is 27.7 Å². The zero-order chi connectivity index (χ0) is 16.5. The number of pyridine rings is 1. The molecular formula is C17H13BrN4OS. The number of hydrazone groups is 1. The van der Waals surface area contributed by atoms with Crippen molar-refractivity contribution in [2.24, 2.45) is 16.0 Å². The molecule has 0 saturated carbocycles. The first-order chi connectivity index (χ1) is 11.7. The van der Waals surface area contributed by atoms with E-state index in [1.807, 2.05) is 42.5 Å². The quantitative estimate of drug-likeness (QED) is 0.858. The van der Waals surface area contributed by atoms with Gasteiger partial charge in [0, 0.05) is 10.7 Å². The van der Waals surface area contributed by atoms with Crippen LogP contribution < -0.4 is 5.43 Å². The van der Waals surface area contributed by atoms with Gasteiger partial charge in [-0.2, -0.15) is 5.10 Å². The first-order valence-corrected chi connectivity index (χ1v) is 9.24. The third-order valence-electron chi connectivity index (χ3n) is 3.95. The van der Waals surface area contributed by atoms with Gasteiger partial charge in [-0.15, -0.1) is 0 Å². The summed E-state index contributed by atoms with van der Waals surface area (Å²) in [5.41, 5.74) is 5.93. The molecule has 1 aromatic carbocycles. The Hall–Kier alpha value is -1.99. The predicted octanol–water partition coefficient (Wildman–Crippen LogP) is 3.18. The van der Waals surface area contributed by atoms with Crippen molar-refractivity contribution in [1.29, 1.82) is 0 Å². The lowest BCUT2D eigenvalue weighted by Gasteiger charge is -2.20. The van der Waals surface area contributed by atoms with Crippen LogP contribution in [0.2, 0.25) is 0 Å². The zero-order valence-electron chi connectivity index (χ0n) is 12.5. The van der Waals surface area contributed by atoms with Crippen molar-refractivity contribution in [3.05, 3.63) is 64.4 Å². The lowest BCUT2D eigenvalue weighted by Crippen LogP contribution is -2.28. The number of halogens is 1. The fourth-order valence-electron chi connectivity index (χ4n) is 2.85. The van der Waals surface area contributed by atoms with Crippen LogP contribution in [0.4, 0.5) is 0 Å². The van der Waals surface area contributed by atoms with Crippen LogP contribution in [0.1, 0.15) is 17.3 Å². The van der Waals surface area contributed by atoms with E-state index in [2.05, 4.69) is 36.4 Å². The standard InChI is InChI=1S/C17H13BrN4OS/c18-11-6-4-10(5-7-11)15-14(17-20-13(23)9-24-17)16(22-21-15)12-3-1-2-8-19-12/h1-8,14-15,21H,9H2. The summed E-state index contributed by atoms with van der Waals surface area (Å²) in [6.45, 7) is 0. The summed E-state index contributed by atoms with van der Waals surface area (Å²) in [5.74, 6) is 0.198. The van der Waals surface area contributed by atoms with Gasteiger partial charge >= 0.3 is 0 Å². The molecule has 3 heterocycles. The van der Waals surface area contributed by atoms with Crippen molar-refractivity contribution in [2.75, 3.05) is 5.75 Å². The zero-order valence-corrected chi connectivity index (χ0v) is 14.9. The summed E-state index contributed by atoms with van der Waals surface area (Å²) < 4.78 is 1.02. The third-order valence-corrected chi connectivity index (χ3v) is 5.51. The SMILES string of the molecule is O=C1CSC(C2C(c3ccccn3)=NNC2c2ccc(Br)cc2)=N1. The second-order valence-electron chi connectivity index (χ2n) is 5.48. The summed E-state index contributed by atoms with van der Waals surface area (Å²) in [6.07, 6.45) is 1.75. The Kier molecular flexibility index (Phi) is 4.20. The van der Waals surface area contributed by atoms with Crippen LogP contribution in [-0.4, -0.2) is 27.4 Å². The van der Waals surface area contributed by atoms with Gasteiger partial charge in [0.05, 0.1) is 34.2 Å². The van der Waals surface area contributed by atoms with E-state index in [1.54, 1.807) is 6.20 Å². The van der Waals surface area contributed by atoms with Gasteiger partial charge in [-0.25, -0.2) is 4.99 Å². The van der Waals surface area contributed by atoms with Gasteiger partial charge in [0.15, 0.2) is 0 Å². The molecule has 120 valence electrons. The van der Waals surface area contributed by atoms with E-state index < -0.39 is 0 Å². The van der Waals surface area contributed by atoms with Crippen LogP contribution in [0.3, 0.4) is 0 Å². The maximum Gasteiger partial charge on any atom is 0.256 e. The lowest BCUT2D eigenvalue weighted by atomic mass is 9.90. The maximum atomic E-state index is 11.7. The van der Waals surface area contributed by atoms with E-state index in [1.165, 1.54) is 11.8 Å². The van der Waals surface area contributed by atoms with Gasteiger partial charge in [0.25, 0.3) is 5.91 Å². The van der Waals surface area contributed by atoms with Crippen LogP contribution in [-0.2, 0) is 4.79 Å². The van der Waals surface area contributed by atoms with Gasteiger partial charge in [-0.1, -0.05) is 45.9 Å². The molecule has 2 aliphatic rings. The maximum absolute atomic E-state index is 11.7. The molecule has 0 radical (unpaired) electrons. The number of benzene rings is 1. The second-order valence-corrected chi connectivity index (χ2v) is 7.39. The molecule has 2 aromatic rings. The average molecular weight is 401 g/mol. The fourth-order valence-corrected chi connectivity index (χ4v) is 4.04. The van der Waals surface area contributed by atoms with E-state index in [9.17, 15) is 4.79 Å². The normalized spacial score (nSPS) is 23.0. The monoisotopic (exact) mass is 400 g/mol.